The van der Waals surface area contributed by atoms with Gasteiger partial charge in [-0.25, -0.2) is 0 Å². The summed E-state index contributed by atoms with van der Waals surface area (Å²) in [7, 11) is -1.04. The van der Waals surface area contributed by atoms with Crippen molar-refractivity contribution in [1.82, 2.24) is 0 Å². The lowest BCUT2D eigenvalue weighted by Crippen LogP contribution is -2.41. The third kappa shape index (κ3) is 5.55. The molecule has 5 rings (SSSR count). The normalized spacial score (nSPS) is 20.9. The molecular weight excluding hydrogens is 529 g/mol. The molecule has 5 nitrogen and oxygen atoms in total. The molecule has 216 valence electrons. The van der Waals surface area contributed by atoms with E-state index in [0.29, 0.717) is 5.69 Å². The van der Waals surface area contributed by atoms with E-state index >= 15 is 0 Å². The van der Waals surface area contributed by atoms with Crippen molar-refractivity contribution in [2.45, 2.75) is 84.0 Å². The molecule has 0 radical (unpaired) electrons. The first-order chi connectivity index (χ1) is 18.9. The molecular formula is C31H36B2F3NO4. The number of benzene rings is 3. The minimum atomic E-state index is -4.42. The van der Waals surface area contributed by atoms with Crippen LogP contribution in [0.3, 0.4) is 0 Å². The molecule has 0 amide bonds. The zero-order valence-electron chi connectivity index (χ0n) is 24.8. The number of rotatable bonds is 5. The molecule has 0 spiro atoms. The van der Waals surface area contributed by atoms with E-state index in [2.05, 4.69) is 0 Å². The van der Waals surface area contributed by atoms with Gasteiger partial charge in [-0.05, 0) is 115 Å². The Hall–Kier alpha value is -2.78. The fraction of sp³-hybridized carbons (Fsp3) is 0.419. The molecule has 0 aromatic heterocycles. The molecule has 2 fully saturated rings. The van der Waals surface area contributed by atoms with Crippen LogP contribution in [0.25, 0.3) is 0 Å². The highest BCUT2D eigenvalue weighted by Crippen LogP contribution is 2.40. The van der Waals surface area contributed by atoms with Crippen molar-refractivity contribution in [3.63, 3.8) is 0 Å². The third-order valence-electron chi connectivity index (χ3n) is 8.81. The molecule has 41 heavy (non-hydrogen) atoms. The van der Waals surface area contributed by atoms with E-state index in [4.69, 9.17) is 18.6 Å². The van der Waals surface area contributed by atoms with Crippen LogP contribution in [0.4, 0.5) is 30.2 Å². The van der Waals surface area contributed by atoms with Gasteiger partial charge in [0.05, 0.1) is 28.0 Å². The molecule has 3 aromatic rings. The molecule has 0 saturated carbocycles. The van der Waals surface area contributed by atoms with Gasteiger partial charge in [-0.2, -0.15) is 13.2 Å². The summed E-state index contributed by atoms with van der Waals surface area (Å²) < 4.78 is 64.7. The Morgan fingerprint density at radius 1 is 0.488 bits per heavy atom. The minimum Gasteiger partial charge on any atom is -0.399 e. The molecule has 0 bridgehead atoms. The number of hydrogen-bond acceptors (Lipinski definition) is 5. The maximum absolute atomic E-state index is 13.3. The van der Waals surface area contributed by atoms with E-state index in [1.54, 1.807) is 0 Å². The van der Waals surface area contributed by atoms with Crippen LogP contribution < -0.4 is 15.8 Å². The molecule has 0 unspecified atom stereocenters. The Bertz CT molecular complexity index is 1280. The number of hydrogen-bond donors (Lipinski definition) is 0. The van der Waals surface area contributed by atoms with Gasteiger partial charge >= 0.3 is 20.4 Å². The molecule has 0 atom stereocenters. The molecule has 2 saturated heterocycles. The van der Waals surface area contributed by atoms with E-state index < -0.39 is 48.4 Å². The lowest BCUT2D eigenvalue weighted by Gasteiger charge is -2.32. The molecule has 0 N–H and O–H groups in total. The van der Waals surface area contributed by atoms with E-state index in [9.17, 15) is 13.2 Å². The van der Waals surface area contributed by atoms with Crippen molar-refractivity contribution in [3.8, 4) is 0 Å². The molecule has 0 aliphatic carbocycles. The van der Waals surface area contributed by atoms with Gasteiger partial charge in [-0.15, -0.1) is 0 Å². The molecule has 2 aliphatic heterocycles. The molecule has 2 heterocycles. The standard InChI is InChI=1S/C31H36B2F3NO4/c1-27(2)28(3,4)39-32(38-27)22-11-17-25(18-12-22)37(24-15-9-21(10-16-24)31(34,35)36)26-19-13-23(14-20-26)33-40-29(5,6)30(7,8)41-33/h9-20H,1-8H3. The van der Waals surface area contributed by atoms with Crippen LogP contribution in [0.5, 0.6) is 0 Å². The van der Waals surface area contributed by atoms with Gasteiger partial charge in [-0.3, -0.25) is 0 Å². The zero-order valence-corrected chi connectivity index (χ0v) is 24.8. The monoisotopic (exact) mass is 565 g/mol. The maximum atomic E-state index is 13.3. The summed E-state index contributed by atoms with van der Waals surface area (Å²) in [5.41, 5.74) is 1.26. The Morgan fingerprint density at radius 2 is 0.756 bits per heavy atom. The van der Waals surface area contributed by atoms with E-state index in [-0.39, 0.29) is 0 Å². The minimum absolute atomic E-state index is 0.471. The number of halogens is 3. The van der Waals surface area contributed by atoms with Crippen molar-refractivity contribution in [2.75, 3.05) is 4.90 Å². The summed E-state index contributed by atoms with van der Waals surface area (Å²) in [5, 5.41) is 0. The van der Waals surface area contributed by atoms with Gasteiger partial charge in [0.15, 0.2) is 0 Å². The second-order valence-electron chi connectivity index (χ2n) is 12.7. The van der Waals surface area contributed by atoms with E-state index in [1.165, 1.54) is 12.1 Å². The average Bonchev–Trinajstić information content (AvgIpc) is 3.24. The molecule has 2 aliphatic rings. The lowest BCUT2D eigenvalue weighted by molar-refractivity contribution is -0.137. The van der Waals surface area contributed by atoms with Crippen LogP contribution in [-0.2, 0) is 24.8 Å². The summed E-state index contributed by atoms with van der Waals surface area (Å²) in [4.78, 5) is 1.90. The summed E-state index contributed by atoms with van der Waals surface area (Å²) in [6, 6.07) is 20.5. The van der Waals surface area contributed by atoms with Crippen LogP contribution in [0.1, 0.15) is 61.0 Å². The highest BCUT2D eigenvalue weighted by atomic mass is 19.4. The van der Waals surface area contributed by atoms with E-state index in [0.717, 1.165) is 34.4 Å². The Kier molecular flexibility index (Phi) is 7.17. The smallest absolute Gasteiger partial charge is 0.399 e. The van der Waals surface area contributed by atoms with E-state index in [1.807, 2.05) is 109 Å². The predicted octanol–water partition coefficient (Wildman–Crippen LogP) is 6.77. The largest absolute Gasteiger partial charge is 0.494 e. The van der Waals surface area contributed by atoms with Crippen molar-refractivity contribution in [3.05, 3.63) is 78.4 Å². The van der Waals surface area contributed by atoms with Crippen molar-refractivity contribution >= 4 is 42.2 Å². The topological polar surface area (TPSA) is 40.2 Å². The first-order valence-corrected chi connectivity index (χ1v) is 13.8. The second kappa shape index (κ2) is 9.90. The quantitative estimate of drug-likeness (QED) is 0.320. The first kappa shape index (κ1) is 29.7. The van der Waals surface area contributed by atoms with Gasteiger partial charge < -0.3 is 23.5 Å². The SMILES string of the molecule is CC1(C)OB(c2ccc(N(c3ccc(B4OC(C)(C)C(C)(C)O4)cc3)c3ccc(C(F)(F)F)cc3)cc2)OC1(C)C. The highest BCUT2D eigenvalue weighted by Gasteiger charge is 2.52. The Labute approximate surface area is 241 Å². The number of anilines is 3. The fourth-order valence-electron chi connectivity index (χ4n) is 4.77. The van der Waals surface area contributed by atoms with Gasteiger partial charge in [0.1, 0.15) is 0 Å². The maximum Gasteiger partial charge on any atom is 0.494 e. The van der Waals surface area contributed by atoms with Crippen LogP contribution in [0, 0.1) is 0 Å². The summed E-state index contributed by atoms with van der Waals surface area (Å²) in [6.45, 7) is 16.0. The Balaban J connectivity index is 1.47. The van der Waals surface area contributed by atoms with Gasteiger partial charge in [0.25, 0.3) is 0 Å². The Morgan fingerprint density at radius 3 is 1.02 bits per heavy atom. The van der Waals surface area contributed by atoms with Crippen molar-refractivity contribution in [2.24, 2.45) is 0 Å². The van der Waals surface area contributed by atoms with Gasteiger partial charge in [0.2, 0.25) is 0 Å². The zero-order chi connectivity index (χ0) is 30.0. The van der Waals surface area contributed by atoms with Crippen LogP contribution in [0.15, 0.2) is 72.8 Å². The summed E-state index contributed by atoms with van der Waals surface area (Å²) in [5.74, 6) is 0. The third-order valence-corrected chi connectivity index (χ3v) is 8.81. The fourth-order valence-corrected chi connectivity index (χ4v) is 4.77. The summed E-state index contributed by atoms with van der Waals surface area (Å²) >= 11 is 0. The molecule has 3 aromatic carbocycles. The number of nitrogens with zero attached hydrogens (tertiary/aromatic N) is 1. The van der Waals surface area contributed by atoms with Gasteiger partial charge in [0, 0.05) is 17.1 Å². The van der Waals surface area contributed by atoms with Gasteiger partial charge in [-0.1, -0.05) is 24.3 Å². The van der Waals surface area contributed by atoms with Crippen LogP contribution in [0.2, 0.25) is 0 Å². The summed E-state index contributed by atoms with van der Waals surface area (Å²) in [6.07, 6.45) is -4.42. The van der Waals surface area contributed by atoms with Crippen molar-refractivity contribution in [1.29, 1.82) is 0 Å². The second-order valence-corrected chi connectivity index (χ2v) is 12.7. The van der Waals surface area contributed by atoms with Crippen molar-refractivity contribution < 1.29 is 31.8 Å². The highest BCUT2D eigenvalue weighted by molar-refractivity contribution is 6.62. The average molecular weight is 565 g/mol. The van der Waals surface area contributed by atoms with Crippen LogP contribution >= 0.6 is 0 Å². The lowest BCUT2D eigenvalue weighted by atomic mass is 9.79. The van der Waals surface area contributed by atoms with Crippen LogP contribution in [-0.4, -0.2) is 36.6 Å². The first-order valence-electron chi connectivity index (χ1n) is 13.8. The predicted molar refractivity (Wildman–Crippen MR) is 158 cm³/mol. The number of alkyl halides is 3. The molecule has 10 heteroatoms.